The lowest BCUT2D eigenvalue weighted by atomic mass is 10.1. The van der Waals surface area contributed by atoms with Crippen molar-refractivity contribution in [1.82, 2.24) is 24.8 Å². The summed E-state index contributed by atoms with van der Waals surface area (Å²) in [6.45, 7) is 4.63. The van der Waals surface area contributed by atoms with Crippen LogP contribution in [0.5, 0.6) is 0 Å². The Morgan fingerprint density at radius 3 is 2.62 bits per heavy atom. The largest absolute Gasteiger partial charge is 0.417 e. The molecule has 0 bridgehead atoms. The van der Waals surface area contributed by atoms with Crippen LogP contribution in [0.4, 0.5) is 13.2 Å². The third kappa shape index (κ3) is 5.37. The molecule has 1 aliphatic heterocycles. The summed E-state index contributed by atoms with van der Waals surface area (Å²) in [5, 5.41) is 13.6. The van der Waals surface area contributed by atoms with Crippen LogP contribution in [0, 0.1) is 0 Å². The predicted molar refractivity (Wildman–Crippen MR) is 119 cm³/mol. The first-order chi connectivity index (χ1) is 15.9. The summed E-state index contributed by atoms with van der Waals surface area (Å²) < 4.78 is 46.0. The lowest BCUT2D eigenvalue weighted by Crippen LogP contribution is -2.45. The number of pyridine rings is 2. The number of ether oxygens (including phenoxy) is 1. The monoisotopic (exact) mass is 477 g/mol. The highest BCUT2D eigenvalue weighted by atomic mass is 19.4. The minimum Gasteiger partial charge on any atom is -0.388 e. The molecule has 3 aromatic rings. The Morgan fingerprint density at radius 2 is 1.97 bits per heavy atom. The number of carbonyl (C=O) groups excluding carboxylic acids is 1. The molecule has 0 aromatic carbocycles. The molecule has 3 aromatic heterocycles. The van der Waals surface area contributed by atoms with E-state index in [4.69, 9.17) is 4.74 Å². The first-order valence-electron chi connectivity index (χ1n) is 10.7. The van der Waals surface area contributed by atoms with Crippen molar-refractivity contribution >= 4 is 16.8 Å². The molecular formula is C23H26F3N5O3. The number of nitrogens with zero attached hydrogens (tertiary/aromatic N) is 4. The topological polar surface area (TPSA) is 92.5 Å². The van der Waals surface area contributed by atoms with Crippen LogP contribution in [0.1, 0.15) is 29.9 Å². The number of aliphatic hydroxyl groups is 1. The molecule has 1 saturated heterocycles. The van der Waals surface area contributed by atoms with E-state index < -0.39 is 23.2 Å². The molecule has 0 unspecified atom stereocenters. The molecule has 8 nitrogen and oxygen atoms in total. The second-order valence-electron chi connectivity index (χ2n) is 9.18. The third-order valence-corrected chi connectivity index (χ3v) is 5.55. The number of halogens is 3. The number of likely N-dealkylation sites (tertiary alicyclic amines) is 1. The van der Waals surface area contributed by atoms with Crippen LogP contribution in [0.25, 0.3) is 16.7 Å². The Morgan fingerprint density at radius 1 is 1.21 bits per heavy atom. The van der Waals surface area contributed by atoms with Crippen LogP contribution >= 0.6 is 0 Å². The van der Waals surface area contributed by atoms with Gasteiger partial charge < -0.3 is 24.6 Å². The molecule has 2 atom stereocenters. The Labute approximate surface area is 194 Å². The maximum Gasteiger partial charge on any atom is 0.417 e. The normalized spacial score (nSPS) is 19.6. The summed E-state index contributed by atoms with van der Waals surface area (Å²) in [4.78, 5) is 23.2. The maximum atomic E-state index is 13.0. The van der Waals surface area contributed by atoms with Gasteiger partial charge in [-0.15, -0.1) is 0 Å². The molecule has 0 saturated carbocycles. The average Bonchev–Trinajstić information content (AvgIpc) is 3.33. The molecule has 0 spiro atoms. The van der Waals surface area contributed by atoms with E-state index in [9.17, 15) is 23.1 Å². The van der Waals surface area contributed by atoms with Crippen molar-refractivity contribution in [3.05, 3.63) is 54.1 Å². The first-order valence-corrected chi connectivity index (χ1v) is 10.7. The molecule has 4 heterocycles. The summed E-state index contributed by atoms with van der Waals surface area (Å²) in [5.41, 5.74) is -1.07. The van der Waals surface area contributed by atoms with Gasteiger partial charge >= 0.3 is 6.18 Å². The quantitative estimate of drug-likeness (QED) is 0.567. The Kier molecular flexibility index (Phi) is 6.36. The summed E-state index contributed by atoms with van der Waals surface area (Å²) in [7, 11) is 1.92. The molecule has 182 valence electrons. The minimum atomic E-state index is -4.47. The number of hydrogen-bond donors (Lipinski definition) is 2. The molecule has 4 rings (SSSR count). The van der Waals surface area contributed by atoms with Gasteiger partial charge in [-0.25, -0.2) is 4.98 Å². The van der Waals surface area contributed by atoms with Crippen molar-refractivity contribution in [2.75, 3.05) is 26.7 Å². The van der Waals surface area contributed by atoms with Gasteiger partial charge in [-0.3, -0.25) is 9.78 Å². The number of amides is 1. The van der Waals surface area contributed by atoms with Crippen LogP contribution in [-0.2, 0) is 10.9 Å². The Bertz CT molecular complexity index is 1170. The molecule has 11 heteroatoms. The van der Waals surface area contributed by atoms with Crippen molar-refractivity contribution in [1.29, 1.82) is 0 Å². The van der Waals surface area contributed by atoms with Crippen LogP contribution in [0.15, 0.2) is 42.9 Å². The third-order valence-electron chi connectivity index (χ3n) is 5.55. The number of rotatable bonds is 6. The highest BCUT2D eigenvalue weighted by molar-refractivity contribution is 5.96. The van der Waals surface area contributed by atoms with Crippen LogP contribution < -0.4 is 5.32 Å². The van der Waals surface area contributed by atoms with Crippen molar-refractivity contribution in [2.24, 2.45) is 0 Å². The SMILES string of the molecule is CN1C[C@@H](NC(=O)c2cc3c(ccn3-c3ccc(C(F)(F)F)cn3)cn2)[C@H](OCC(C)(C)O)C1. The van der Waals surface area contributed by atoms with E-state index in [0.29, 0.717) is 24.0 Å². The molecule has 0 radical (unpaired) electrons. The number of carbonyl (C=O) groups is 1. The molecule has 1 aliphatic rings. The van der Waals surface area contributed by atoms with Gasteiger partial charge in [0.1, 0.15) is 11.5 Å². The second-order valence-corrected chi connectivity index (χ2v) is 9.18. The molecular weight excluding hydrogens is 451 g/mol. The second kappa shape index (κ2) is 8.97. The van der Waals surface area contributed by atoms with E-state index in [1.165, 1.54) is 12.3 Å². The smallest absolute Gasteiger partial charge is 0.388 e. The Hall–Kier alpha value is -3.02. The Balaban J connectivity index is 1.54. The van der Waals surface area contributed by atoms with E-state index in [0.717, 1.165) is 12.3 Å². The predicted octanol–water partition coefficient (Wildman–Crippen LogP) is 2.64. The number of fused-ring (bicyclic) bond motifs is 1. The van der Waals surface area contributed by atoms with Crippen molar-refractivity contribution in [3.8, 4) is 5.82 Å². The average molecular weight is 477 g/mol. The fourth-order valence-corrected chi connectivity index (χ4v) is 3.87. The van der Waals surface area contributed by atoms with E-state index in [-0.39, 0.29) is 30.3 Å². The van der Waals surface area contributed by atoms with E-state index >= 15 is 0 Å². The lowest BCUT2D eigenvalue weighted by Gasteiger charge is -2.24. The van der Waals surface area contributed by atoms with Crippen LogP contribution in [0.2, 0.25) is 0 Å². The van der Waals surface area contributed by atoms with Gasteiger partial charge in [0, 0.05) is 37.1 Å². The number of likely N-dealkylation sites (N-methyl/N-ethyl adjacent to an activating group) is 1. The summed E-state index contributed by atoms with van der Waals surface area (Å²) in [5.74, 6) is -0.106. The maximum absolute atomic E-state index is 13.0. The van der Waals surface area contributed by atoms with Crippen molar-refractivity contribution in [2.45, 2.75) is 37.8 Å². The minimum absolute atomic E-state index is 0.135. The summed E-state index contributed by atoms with van der Waals surface area (Å²) in [6, 6.07) is 5.28. The van der Waals surface area contributed by atoms with Gasteiger partial charge in [0.15, 0.2) is 0 Å². The number of hydrogen-bond acceptors (Lipinski definition) is 6. The van der Waals surface area contributed by atoms with Crippen LogP contribution in [0.3, 0.4) is 0 Å². The van der Waals surface area contributed by atoms with Gasteiger partial charge in [0.05, 0.1) is 35.4 Å². The molecule has 34 heavy (non-hydrogen) atoms. The fraction of sp³-hybridized carbons (Fsp3) is 0.435. The number of alkyl halides is 3. The standard InChI is InChI=1S/C23H26F3N5O3/c1-22(2,33)13-34-19-12-30(3)11-17(19)29-21(32)16-8-18-14(9-27-16)6-7-31(18)20-5-4-15(10-28-20)23(24,25)26/h4-10,17,19,33H,11-13H2,1-3H3,(H,29,32)/t17-,19-/m1/s1. The van der Waals surface area contributed by atoms with Crippen molar-refractivity contribution in [3.63, 3.8) is 0 Å². The van der Waals surface area contributed by atoms with Crippen LogP contribution in [-0.4, -0.2) is 74.9 Å². The zero-order chi connectivity index (χ0) is 24.7. The zero-order valence-corrected chi connectivity index (χ0v) is 19.0. The number of nitrogens with one attached hydrogen (secondary N) is 1. The van der Waals surface area contributed by atoms with Gasteiger partial charge in [-0.2, -0.15) is 13.2 Å². The van der Waals surface area contributed by atoms with E-state index in [1.807, 2.05) is 11.9 Å². The lowest BCUT2D eigenvalue weighted by molar-refractivity contribution is -0.137. The summed E-state index contributed by atoms with van der Waals surface area (Å²) >= 11 is 0. The molecule has 1 fully saturated rings. The molecule has 0 aliphatic carbocycles. The highest BCUT2D eigenvalue weighted by Gasteiger charge is 2.34. The van der Waals surface area contributed by atoms with Gasteiger partial charge in [0.2, 0.25) is 0 Å². The molecule has 2 N–H and O–H groups in total. The van der Waals surface area contributed by atoms with Crippen molar-refractivity contribution < 1.29 is 27.8 Å². The van der Waals surface area contributed by atoms with E-state index in [2.05, 4.69) is 15.3 Å². The first kappa shape index (κ1) is 24.1. The number of aromatic nitrogens is 3. The van der Waals surface area contributed by atoms with Gasteiger partial charge in [-0.1, -0.05) is 0 Å². The van der Waals surface area contributed by atoms with E-state index in [1.54, 1.807) is 36.7 Å². The fourth-order valence-electron chi connectivity index (χ4n) is 3.87. The zero-order valence-electron chi connectivity index (χ0n) is 19.0. The molecule has 1 amide bonds. The summed E-state index contributed by atoms with van der Waals surface area (Å²) in [6.07, 6.45) is -0.781. The highest BCUT2D eigenvalue weighted by Crippen LogP contribution is 2.29. The van der Waals surface area contributed by atoms with Gasteiger partial charge in [0.25, 0.3) is 5.91 Å². The van der Waals surface area contributed by atoms with Gasteiger partial charge in [-0.05, 0) is 45.2 Å².